The van der Waals surface area contributed by atoms with Gasteiger partial charge in [0, 0.05) is 42.9 Å². The third-order valence-electron chi connectivity index (χ3n) is 5.51. The first-order valence-corrected chi connectivity index (χ1v) is 15.8. The van der Waals surface area contributed by atoms with Gasteiger partial charge in [-0.15, -0.1) is 8.53 Å². The van der Waals surface area contributed by atoms with Crippen LogP contribution in [0.2, 0.25) is 0 Å². The number of carbonyl (C=O) groups is 2. The van der Waals surface area contributed by atoms with Gasteiger partial charge in [-0.05, 0) is 24.8 Å². The van der Waals surface area contributed by atoms with Crippen LogP contribution in [0.3, 0.4) is 0 Å². The Morgan fingerprint density at radius 3 is 1.82 bits per heavy atom. The number of benzene rings is 2. The number of nitrogens with one attached hydrogen (secondary N) is 2. The fraction of sp³-hybridized carbons (Fsp3) is 0.517. The second-order valence-electron chi connectivity index (χ2n) is 8.99. The molecule has 0 amide bonds. The van der Waals surface area contributed by atoms with Gasteiger partial charge in [0.15, 0.2) is 11.6 Å². The predicted molar refractivity (Wildman–Crippen MR) is 161 cm³/mol. The van der Waals surface area contributed by atoms with Crippen molar-refractivity contribution >= 4 is 31.9 Å². The molecular weight excluding hydrogens is 535 g/mol. The van der Waals surface area contributed by atoms with E-state index in [9.17, 15) is 19.8 Å². The van der Waals surface area contributed by atoms with E-state index in [-0.39, 0.29) is 44.4 Å². The highest BCUT2D eigenvalue weighted by atomic mass is 32.2. The average Bonchev–Trinajstić information content (AvgIpc) is 2.97. The second-order valence-corrected chi connectivity index (χ2v) is 11.7. The quantitative estimate of drug-likeness (QED) is 0.0846. The fourth-order valence-electron chi connectivity index (χ4n) is 3.45. The predicted octanol–water partition coefficient (Wildman–Crippen LogP) is 2.84. The number of hydrogen-bond acceptors (Lipinski definition) is 9. The van der Waals surface area contributed by atoms with Crippen LogP contribution in [0.25, 0.3) is 0 Å². The van der Waals surface area contributed by atoms with E-state index < -0.39 is 20.7 Å². The van der Waals surface area contributed by atoms with Crippen molar-refractivity contribution in [2.75, 3.05) is 70.0 Å². The van der Waals surface area contributed by atoms with Gasteiger partial charge in [-0.1, -0.05) is 60.7 Å². The van der Waals surface area contributed by atoms with Gasteiger partial charge >= 0.3 is 0 Å². The lowest BCUT2D eigenvalue weighted by atomic mass is 10.1. The Balaban J connectivity index is 1.34. The van der Waals surface area contributed by atoms with Crippen molar-refractivity contribution in [3.05, 3.63) is 71.8 Å². The summed E-state index contributed by atoms with van der Waals surface area (Å²) in [6.45, 7) is 2.42. The van der Waals surface area contributed by atoms with Crippen LogP contribution in [-0.4, -0.2) is 105 Å². The van der Waals surface area contributed by atoms with Gasteiger partial charge in [-0.3, -0.25) is 9.59 Å². The van der Waals surface area contributed by atoms with Crippen molar-refractivity contribution < 1.29 is 29.3 Å². The molecule has 39 heavy (non-hydrogen) atoms. The molecule has 10 heteroatoms. The molecule has 0 fully saturated rings. The summed E-state index contributed by atoms with van der Waals surface area (Å²) in [6, 6.07) is 18.1. The highest BCUT2D eigenvalue weighted by Gasteiger charge is 2.09. The maximum absolute atomic E-state index is 12.0. The number of ether oxygens (including phenoxy) is 2. The van der Waals surface area contributed by atoms with Crippen LogP contribution in [-0.2, 0) is 9.47 Å². The smallest absolute Gasteiger partial charge is 0.176 e. The maximum atomic E-state index is 12.0. The van der Waals surface area contributed by atoms with Crippen LogP contribution in [0.4, 0.5) is 0 Å². The molecule has 0 aliphatic heterocycles. The van der Waals surface area contributed by atoms with Crippen molar-refractivity contribution in [2.45, 2.75) is 25.0 Å². The van der Waals surface area contributed by atoms with Gasteiger partial charge in [0.1, 0.15) is 0 Å². The number of thioether (sulfide) groups is 1. The van der Waals surface area contributed by atoms with Crippen LogP contribution in [0.15, 0.2) is 60.7 Å². The number of aliphatic hydroxyl groups excluding tert-OH is 2. The van der Waals surface area contributed by atoms with E-state index in [0.717, 1.165) is 30.3 Å². The van der Waals surface area contributed by atoms with Crippen LogP contribution >= 0.6 is 20.3 Å². The van der Waals surface area contributed by atoms with Gasteiger partial charge in [0.2, 0.25) is 0 Å². The molecule has 0 aliphatic carbocycles. The minimum absolute atomic E-state index is 0.00986. The zero-order valence-electron chi connectivity index (χ0n) is 23.5. The third kappa shape index (κ3) is 16.9. The molecule has 2 aromatic carbocycles. The summed E-state index contributed by atoms with van der Waals surface area (Å²) in [5.74, 6) is 0.879. The average molecular weight is 580 g/mol. The Kier molecular flexibility index (Phi) is 18.0. The molecule has 0 saturated carbocycles. The van der Waals surface area contributed by atoms with E-state index in [1.54, 1.807) is 36.0 Å². The number of hydrogen-bond donors (Lipinski definition) is 4. The Bertz CT molecular complexity index is 947. The van der Waals surface area contributed by atoms with Crippen molar-refractivity contribution in [1.82, 2.24) is 10.6 Å². The molecule has 0 spiro atoms. The summed E-state index contributed by atoms with van der Waals surface area (Å²) in [7, 11) is -0.812. The molecule has 4 N–H and O–H groups in total. The summed E-state index contributed by atoms with van der Waals surface area (Å²) in [6.07, 6.45) is 1.09. The van der Waals surface area contributed by atoms with Crippen LogP contribution in [0, 0.1) is 0 Å². The van der Waals surface area contributed by atoms with E-state index in [1.165, 1.54) is 0 Å². The largest absolute Gasteiger partial charge is 0.389 e. The number of Topliss-reactive ketones (excluding diaryl/α,β-unsaturated/α-hetero) is 2. The van der Waals surface area contributed by atoms with Crippen molar-refractivity contribution in [2.24, 2.45) is 0 Å². The minimum Gasteiger partial charge on any atom is -0.389 e. The Hall–Kier alpha value is -1.68. The van der Waals surface area contributed by atoms with Crippen LogP contribution in [0.5, 0.6) is 0 Å². The highest BCUT2D eigenvalue weighted by molar-refractivity contribution is 8.03. The summed E-state index contributed by atoms with van der Waals surface area (Å²) in [4.78, 5) is 24.0. The number of ketones is 2. The van der Waals surface area contributed by atoms with Gasteiger partial charge in [0.25, 0.3) is 0 Å². The third-order valence-corrected chi connectivity index (χ3v) is 8.18. The van der Waals surface area contributed by atoms with E-state index >= 15 is 0 Å². The molecule has 0 radical (unpaired) electrons. The molecule has 8 nitrogen and oxygen atoms in total. The summed E-state index contributed by atoms with van der Waals surface area (Å²) in [5, 5.41) is 25.9. The molecule has 0 heterocycles. The molecule has 0 saturated heterocycles. The first kappa shape index (κ1) is 31.8. The fourth-order valence-corrected chi connectivity index (χ4v) is 5.67. The first-order valence-electron chi connectivity index (χ1n) is 13.8. The lowest BCUT2D eigenvalue weighted by Crippen LogP contribution is -2.33. The van der Waals surface area contributed by atoms with Gasteiger partial charge in [-0.2, -0.15) is 11.8 Å². The lowest BCUT2D eigenvalue weighted by molar-refractivity contribution is 0.0376. The molecule has 0 aromatic heterocycles. The van der Waals surface area contributed by atoms with E-state index in [2.05, 4.69) is 10.6 Å². The number of rotatable bonds is 24. The molecular formula is C29H43N2O6PS. The normalized spacial score (nSPS) is 13.9. The SMILES string of the molecule is [2H]P(CCCOCC(O)CNCC(=O)c1ccccc1)CSCCCOCC(O)CNCC(=O)c1ccccc1. The van der Waals surface area contributed by atoms with Crippen molar-refractivity contribution in [3.63, 3.8) is 0 Å². The monoisotopic (exact) mass is 579 g/mol. The minimum atomic E-state index is -0.812. The van der Waals surface area contributed by atoms with E-state index in [0.29, 0.717) is 30.9 Å². The summed E-state index contributed by atoms with van der Waals surface area (Å²) >= 11 is 1.75. The molecule has 216 valence electrons. The molecule has 2 aromatic rings. The maximum Gasteiger partial charge on any atom is 0.176 e. The topological polar surface area (TPSA) is 117 Å². The molecule has 0 aliphatic rings. The van der Waals surface area contributed by atoms with Gasteiger partial charge in [0.05, 0.1) is 39.8 Å². The zero-order chi connectivity index (χ0) is 28.8. The second kappa shape index (κ2) is 22.1. The zero-order valence-corrected chi connectivity index (χ0v) is 24.2. The molecule has 0 bridgehead atoms. The summed E-state index contributed by atoms with van der Waals surface area (Å²) in [5.41, 5.74) is 2.10. The lowest BCUT2D eigenvalue weighted by Gasteiger charge is -2.12. The first-order chi connectivity index (χ1) is 19.5. The molecule has 3 unspecified atom stereocenters. The van der Waals surface area contributed by atoms with Crippen molar-refractivity contribution in [3.8, 4) is 0 Å². The number of carbonyl (C=O) groups excluding carboxylic acids is 2. The van der Waals surface area contributed by atoms with Crippen molar-refractivity contribution in [1.29, 1.82) is 1.28 Å². The molecule has 3 atom stereocenters. The van der Waals surface area contributed by atoms with E-state index in [4.69, 9.17) is 10.8 Å². The molecule has 2 rings (SSSR count). The highest BCUT2D eigenvalue weighted by Crippen LogP contribution is 2.19. The van der Waals surface area contributed by atoms with Crippen LogP contribution < -0.4 is 10.6 Å². The summed E-state index contributed by atoms with van der Waals surface area (Å²) < 4.78 is 19.3. The van der Waals surface area contributed by atoms with Gasteiger partial charge in [-0.25, -0.2) is 0 Å². The standard InChI is InChI=1S/C29H43N2O6PS/c32-26(17-30-19-28(34)24-9-3-1-4-10-24)21-36-13-7-15-38-23-39-16-8-14-37-22-27(33)18-31-20-29(35)25-11-5-2-6-12-25/h1-6,9-12,26-27,30-33,38H,7-8,13-23H2/i38D. The van der Waals surface area contributed by atoms with Crippen LogP contribution in [0.1, 0.15) is 33.6 Å². The Morgan fingerprint density at radius 2 is 1.31 bits per heavy atom. The van der Waals surface area contributed by atoms with E-state index in [1.807, 2.05) is 36.4 Å². The Morgan fingerprint density at radius 1 is 0.821 bits per heavy atom. The van der Waals surface area contributed by atoms with Gasteiger partial charge < -0.3 is 30.3 Å². The number of aliphatic hydroxyl groups is 2. The Labute approximate surface area is 239 Å².